The van der Waals surface area contributed by atoms with E-state index in [9.17, 15) is 4.79 Å². The van der Waals surface area contributed by atoms with Crippen molar-refractivity contribution in [3.05, 3.63) is 71.3 Å². The Morgan fingerprint density at radius 1 is 1.19 bits per heavy atom. The summed E-state index contributed by atoms with van der Waals surface area (Å²) in [5.41, 5.74) is 2.12. The third-order valence-electron chi connectivity index (χ3n) is 3.03. The number of hydrogen-bond acceptors (Lipinski definition) is 2. The summed E-state index contributed by atoms with van der Waals surface area (Å²) >= 11 is 0. The molecule has 0 amide bonds. The number of carboxylic acid groups (broad SMARTS) is 1. The van der Waals surface area contributed by atoms with Gasteiger partial charge in [-0.3, -0.25) is 0 Å². The minimum atomic E-state index is -0.934. The van der Waals surface area contributed by atoms with Gasteiger partial charge in [-0.05, 0) is 30.2 Å². The Morgan fingerprint density at radius 3 is 2.62 bits per heavy atom. The Morgan fingerprint density at radius 2 is 1.95 bits per heavy atom. The van der Waals surface area contributed by atoms with Gasteiger partial charge in [0.15, 0.2) is 0 Å². The summed E-state index contributed by atoms with van der Waals surface area (Å²) in [6.45, 7) is 2.49. The van der Waals surface area contributed by atoms with Crippen LogP contribution in [-0.2, 0) is 6.61 Å². The first kappa shape index (κ1) is 14.9. The number of carbonyl (C=O) groups is 1. The first-order valence-corrected chi connectivity index (χ1v) is 6.91. The number of hydrogen-bond donors (Lipinski definition) is 1. The van der Waals surface area contributed by atoms with Crippen LogP contribution in [-0.4, -0.2) is 11.1 Å². The Balaban J connectivity index is 2.21. The van der Waals surface area contributed by atoms with Crippen LogP contribution < -0.4 is 4.74 Å². The lowest BCUT2D eigenvalue weighted by molar-refractivity contribution is 0.0697. The molecule has 0 aliphatic rings. The van der Waals surface area contributed by atoms with Crippen molar-refractivity contribution in [3.8, 4) is 5.75 Å². The van der Waals surface area contributed by atoms with Gasteiger partial charge in [-0.25, -0.2) is 4.79 Å². The van der Waals surface area contributed by atoms with E-state index in [0.29, 0.717) is 12.4 Å². The van der Waals surface area contributed by atoms with Gasteiger partial charge < -0.3 is 9.84 Å². The molecule has 2 rings (SSSR count). The SMILES string of the molecule is CC/C=C\c1cc(C(=O)O)ccc1OCc1ccccc1. The maximum atomic E-state index is 11.1. The standard InChI is InChI=1S/C18H18O3/c1-2-3-9-15-12-16(18(19)20)10-11-17(15)21-13-14-7-5-4-6-8-14/h3-12H,2,13H2,1H3,(H,19,20)/b9-3-. The van der Waals surface area contributed by atoms with E-state index in [2.05, 4.69) is 0 Å². The zero-order valence-corrected chi connectivity index (χ0v) is 12.0. The number of benzene rings is 2. The van der Waals surface area contributed by atoms with Crippen LogP contribution in [0, 0.1) is 0 Å². The summed E-state index contributed by atoms with van der Waals surface area (Å²) < 4.78 is 5.81. The minimum absolute atomic E-state index is 0.262. The molecule has 3 nitrogen and oxygen atoms in total. The molecule has 2 aromatic carbocycles. The molecule has 0 aliphatic carbocycles. The number of ether oxygens (including phenoxy) is 1. The number of allylic oxidation sites excluding steroid dienone is 1. The Bertz CT molecular complexity index is 630. The summed E-state index contributed by atoms with van der Waals surface area (Å²) in [5, 5.41) is 9.07. The summed E-state index contributed by atoms with van der Waals surface area (Å²) in [6, 6.07) is 14.8. The lowest BCUT2D eigenvalue weighted by Gasteiger charge is -2.10. The second kappa shape index (κ2) is 7.29. The lowest BCUT2D eigenvalue weighted by atomic mass is 10.1. The Hall–Kier alpha value is -2.55. The molecular weight excluding hydrogens is 264 g/mol. The molecule has 0 unspecified atom stereocenters. The average Bonchev–Trinajstić information content (AvgIpc) is 2.52. The first-order chi connectivity index (χ1) is 10.2. The maximum absolute atomic E-state index is 11.1. The monoisotopic (exact) mass is 282 g/mol. The van der Waals surface area contributed by atoms with Crippen molar-refractivity contribution in [1.82, 2.24) is 0 Å². The predicted octanol–water partition coefficient (Wildman–Crippen LogP) is 4.39. The largest absolute Gasteiger partial charge is 0.488 e. The van der Waals surface area contributed by atoms with Gasteiger partial charge in [-0.1, -0.05) is 49.4 Å². The topological polar surface area (TPSA) is 46.5 Å². The molecular formula is C18H18O3. The van der Waals surface area contributed by atoms with Crippen LogP contribution in [0.4, 0.5) is 0 Å². The number of aromatic carboxylic acids is 1. The molecule has 21 heavy (non-hydrogen) atoms. The highest BCUT2D eigenvalue weighted by atomic mass is 16.5. The fourth-order valence-electron chi connectivity index (χ4n) is 1.92. The van der Waals surface area contributed by atoms with E-state index in [0.717, 1.165) is 17.5 Å². The van der Waals surface area contributed by atoms with Gasteiger partial charge in [0.05, 0.1) is 5.56 Å². The average molecular weight is 282 g/mol. The highest BCUT2D eigenvalue weighted by molar-refractivity contribution is 5.88. The summed E-state index contributed by atoms with van der Waals surface area (Å²) in [7, 11) is 0. The fraction of sp³-hybridized carbons (Fsp3) is 0.167. The van der Waals surface area contributed by atoms with Crippen molar-refractivity contribution < 1.29 is 14.6 Å². The summed E-state index contributed by atoms with van der Waals surface area (Å²) in [5.74, 6) is -0.246. The second-order valence-electron chi connectivity index (χ2n) is 4.64. The molecule has 0 heterocycles. The van der Waals surface area contributed by atoms with Gasteiger partial charge in [0.2, 0.25) is 0 Å². The lowest BCUT2D eigenvalue weighted by Crippen LogP contribution is -2.00. The van der Waals surface area contributed by atoms with Crippen LogP contribution >= 0.6 is 0 Å². The Kier molecular flexibility index (Phi) is 5.16. The van der Waals surface area contributed by atoms with Crippen LogP contribution in [0.3, 0.4) is 0 Å². The minimum Gasteiger partial charge on any atom is -0.488 e. The van der Waals surface area contributed by atoms with Crippen molar-refractivity contribution in [2.75, 3.05) is 0 Å². The highest BCUT2D eigenvalue weighted by Gasteiger charge is 2.08. The molecule has 3 heteroatoms. The van der Waals surface area contributed by atoms with Crippen molar-refractivity contribution >= 4 is 12.0 Å². The van der Waals surface area contributed by atoms with Gasteiger partial charge in [0, 0.05) is 5.56 Å². The molecule has 0 fully saturated rings. The normalized spacial score (nSPS) is 10.7. The van der Waals surface area contributed by atoms with Gasteiger partial charge >= 0.3 is 5.97 Å². The molecule has 0 saturated heterocycles. The summed E-state index contributed by atoms with van der Waals surface area (Å²) in [4.78, 5) is 11.1. The zero-order chi connectivity index (χ0) is 15.1. The van der Waals surface area contributed by atoms with Crippen LogP contribution in [0.25, 0.3) is 6.08 Å². The van der Waals surface area contributed by atoms with E-state index < -0.39 is 5.97 Å². The van der Waals surface area contributed by atoms with Crippen LogP contribution in [0.2, 0.25) is 0 Å². The fourth-order valence-corrected chi connectivity index (χ4v) is 1.92. The molecule has 0 atom stereocenters. The third kappa shape index (κ3) is 4.21. The highest BCUT2D eigenvalue weighted by Crippen LogP contribution is 2.23. The molecule has 0 bridgehead atoms. The molecule has 2 aromatic rings. The van der Waals surface area contributed by atoms with E-state index in [-0.39, 0.29) is 5.56 Å². The molecule has 0 spiro atoms. The third-order valence-corrected chi connectivity index (χ3v) is 3.03. The van der Waals surface area contributed by atoms with Crippen LogP contribution in [0.15, 0.2) is 54.6 Å². The summed E-state index contributed by atoms with van der Waals surface area (Å²) in [6.07, 6.45) is 4.76. The number of rotatable bonds is 6. The van der Waals surface area contributed by atoms with Crippen LogP contribution in [0.1, 0.15) is 34.8 Å². The second-order valence-corrected chi connectivity index (χ2v) is 4.64. The smallest absolute Gasteiger partial charge is 0.335 e. The first-order valence-electron chi connectivity index (χ1n) is 6.91. The van der Waals surface area contributed by atoms with Gasteiger partial charge in [0.1, 0.15) is 12.4 Å². The Labute approximate surface area is 124 Å². The molecule has 0 aliphatic heterocycles. The molecule has 108 valence electrons. The molecule has 0 aromatic heterocycles. The quantitative estimate of drug-likeness (QED) is 0.854. The zero-order valence-electron chi connectivity index (χ0n) is 12.0. The van der Waals surface area contributed by atoms with Gasteiger partial charge in [-0.15, -0.1) is 0 Å². The maximum Gasteiger partial charge on any atom is 0.335 e. The molecule has 1 N–H and O–H groups in total. The van der Waals surface area contributed by atoms with E-state index in [1.165, 1.54) is 0 Å². The van der Waals surface area contributed by atoms with Crippen molar-refractivity contribution in [2.24, 2.45) is 0 Å². The van der Waals surface area contributed by atoms with E-state index >= 15 is 0 Å². The van der Waals surface area contributed by atoms with Crippen molar-refractivity contribution in [2.45, 2.75) is 20.0 Å². The van der Waals surface area contributed by atoms with Crippen LogP contribution in [0.5, 0.6) is 5.75 Å². The molecule has 0 radical (unpaired) electrons. The van der Waals surface area contributed by atoms with E-state index in [4.69, 9.17) is 9.84 Å². The predicted molar refractivity (Wildman–Crippen MR) is 83.5 cm³/mol. The van der Waals surface area contributed by atoms with Gasteiger partial charge in [0.25, 0.3) is 0 Å². The number of carboxylic acids is 1. The van der Waals surface area contributed by atoms with Gasteiger partial charge in [-0.2, -0.15) is 0 Å². The van der Waals surface area contributed by atoms with E-state index in [1.54, 1.807) is 18.2 Å². The molecule has 0 saturated carbocycles. The van der Waals surface area contributed by atoms with Crippen molar-refractivity contribution in [3.63, 3.8) is 0 Å². The van der Waals surface area contributed by atoms with Crippen molar-refractivity contribution in [1.29, 1.82) is 0 Å². The van der Waals surface area contributed by atoms with E-state index in [1.807, 2.05) is 49.4 Å².